The van der Waals surface area contributed by atoms with E-state index in [1.54, 1.807) is 0 Å². The van der Waals surface area contributed by atoms with Gasteiger partial charge in [-0.2, -0.15) is 0 Å². The maximum Gasteiger partial charge on any atom is 0.0719 e. The normalized spacial score (nSPS) is 11.2. The van der Waals surface area contributed by atoms with Gasteiger partial charge in [0, 0.05) is 23.4 Å². The van der Waals surface area contributed by atoms with Crippen LogP contribution in [0.3, 0.4) is 0 Å². The van der Waals surface area contributed by atoms with Crippen molar-refractivity contribution in [1.82, 2.24) is 4.98 Å². The molecule has 0 radical (unpaired) electrons. The number of hydrogen-bond acceptors (Lipinski definition) is 2. The molecule has 3 rings (SSSR count). The molecular weight excluding hydrogens is 233 g/mol. The Morgan fingerprint density at radius 1 is 0.938 bits per heavy atom. The smallest absolute Gasteiger partial charge is 0.0719 e. The summed E-state index contributed by atoms with van der Waals surface area (Å²) in [7, 11) is 0.874. The summed E-state index contributed by atoms with van der Waals surface area (Å²) < 4.78 is 0. The van der Waals surface area contributed by atoms with Crippen LogP contribution in [0.15, 0.2) is 48.5 Å². The summed E-state index contributed by atoms with van der Waals surface area (Å²) in [5.41, 5.74) is 2.06. The topological polar surface area (TPSA) is 12.9 Å². The summed E-state index contributed by atoms with van der Waals surface area (Å²) in [6, 6.07) is 16.4. The number of pyridine rings is 1. The Kier molecular flexibility index (Phi) is 2.39. The summed E-state index contributed by atoms with van der Waals surface area (Å²) in [6.45, 7) is 0. The van der Waals surface area contributed by atoms with Crippen molar-refractivity contribution >= 4 is 46.3 Å². The maximum absolute atomic E-state index is 5.11. The van der Waals surface area contributed by atoms with E-state index >= 15 is 0 Å². The van der Waals surface area contributed by atoms with E-state index in [9.17, 15) is 0 Å². The van der Waals surface area contributed by atoms with Gasteiger partial charge in [0.1, 0.15) is 0 Å². The van der Waals surface area contributed by atoms with Crippen LogP contribution in [-0.4, -0.2) is 4.98 Å². The summed E-state index contributed by atoms with van der Waals surface area (Å²) >= 11 is 5.11. The van der Waals surface area contributed by atoms with Crippen LogP contribution < -0.4 is 5.30 Å². The van der Waals surface area contributed by atoms with Crippen molar-refractivity contribution in [2.24, 2.45) is 0 Å². The number of hydrogen-bond donors (Lipinski definition) is 0. The van der Waals surface area contributed by atoms with Gasteiger partial charge in [-0.15, -0.1) is 0 Å². The first-order valence-corrected chi connectivity index (χ1v) is 6.91. The van der Waals surface area contributed by atoms with Crippen LogP contribution in [-0.2, 0) is 11.8 Å². The zero-order valence-corrected chi connectivity index (χ0v) is 10.1. The average molecular weight is 241 g/mol. The monoisotopic (exact) mass is 241 g/mol. The van der Waals surface area contributed by atoms with Crippen molar-refractivity contribution in [3.63, 3.8) is 0 Å². The van der Waals surface area contributed by atoms with E-state index in [-0.39, 0.29) is 0 Å². The second-order valence-electron chi connectivity index (χ2n) is 3.62. The van der Waals surface area contributed by atoms with E-state index in [1.165, 1.54) is 5.39 Å². The lowest BCUT2D eigenvalue weighted by Crippen LogP contribution is -1.94. The Morgan fingerprint density at radius 2 is 1.75 bits per heavy atom. The first-order valence-electron chi connectivity index (χ1n) is 5.00. The van der Waals surface area contributed by atoms with Gasteiger partial charge < -0.3 is 0 Å². The predicted molar refractivity (Wildman–Crippen MR) is 73.2 cm³/mol. The molecule has 1 heterocycles. The zero-order chi connectivity index (χ0) is 11.0. The third kappa shape index (κ3) is 1.51. The van der Waals surface area contributed by atoms with Gasteiger partial charge in [-0.1, -0.05) is 36.1 Å². The molecule has 0 saturated carbocycles. The Hall–Kier alpha value is -1.37. The third-order valence-corrected chi connectivity index (χ3v) is 3.81. The summed E-state index contributed by atoms with van der Waals surface area (Å²) in [5, 5.41) is 3.49. The van der Waals surface area contributed by atoms with Gasteiger partial charge in [0.25, 0.3) is 0 Å². The summed E-state index contributed by atoms with van der Waals surface area (Å²) in [5.74, 6) is 0. The molecule has 3 aromatic rings. The predicted octanol–water partition coefficient (Wildman–Crippen LogP) is 3.42. The Balaban J connectivity index is 2.51. The molecule has 0 aliphatic carbocycles. The minimum absolute atomic E-state index is 0.874. The fraction of sp³-hybridized carbons (Fsp3) is 0. The molecule has 1 aromatic heterocycles. The van der Waals surface area contributed by atoms with Gasteiger partial charge in [-0.25, -0.2) is 4.98 Å². The molecule has 0 bridgehead atoms. The molecule has 0 aliphatic heterocycles. The minimum atomic E-state index is 0.874. The highest BCUT2D eigenvalue weighted by Crippen LogP contribution is 2.19. The molecular formula is C13H8NPS. The zero-order valence-electron chi connectivity index (χ0n) is 8.42. The SMILES string of the molecule is S=Pc1cccc2nc3ccccc3cc12. The van der Waals surface area contributed by atoms with Crippen molar-refractivity contribution in [2.75, 3.05) is 0 Å². The number of para-hydroxylation sites is 1. The van der Waals surface area contributed by atoms with Crippen LogP contribution in [0.5, 0.6) is 0 Å². The Labute approximate surface area is 100.0 Å². The fourth-order valence-corrected chi connectivity index (χ4v) is 2.76. The molecule has 16 heavy (non-hydrogen) atoms. The van der Waals surface area contributed by atoms with E-state index in [4.69, 9.17) is 11.8 Å². The second-order valence-corrected chi connectivity index (χ2v) is 4.83. The number of fused-ring (bicyclic) bond motifs is 2. The number of aromatic nitrogens is 1. The van der Waals surface area contributed by atoms with Crippen LogP contribution in [0.4, 0.5) is 0 Å². The highest BCUT2D eigenvalue weighted by Gasteiger charge is 2.02. The lowest BCUT2D eigenvalue weighted by atomic mass is 10.1. The van der Waals surface area contributed by atoms with Crippen LogP contribution in [0.2, 0.25) is 0 Å². The highest BCUT2D eigenvalue weighted by molar-refractivity contribution is 7.99. The molecule has 1 nitrogen and oxygen atoms in total. The molecule has 0 amide bonds. The molecule has 3 heteroatoms. The van der Waals surface area contributed by atoms with Crippen LogP contribution in [0, 0.1) is 0 Å². The van der Waals surface area contributed by atoms with E-state index in [0.717, 1.165) is 29.1 Å². The summed E-state index contributed by atoms with van der Waals surface area (Å²) in [6.07, 6.45) is 0. The molecule has 0 aliphatic rings. The third-order valence-electron chi connectivity index (χ3n) is 2.64. The van der Waals surface area contributed by atoms with Crippen LogP contribution in [0.1, 0.15) is 0 Å². The molecule has 0 spiro atoms. The number of benzene rings is 2. The number of rotatable bonds is 1. The van der Waals surface area contributed by atoms with Crippen molar-refractivity contribution in [3.05, 3.63) is 48.5 Å². The Bertz CT molecular complexity index is 694. The van der Waals surface area contributed by atoms with E-state index < -0.39 is 0 Å². The molecule has 2 aromatic carbocycles. The first-order chi connectivity index (χ1) is 7.88. The fourth-order valence-electron chi connectivity index (χ4n) is 1.86. The van der Waals surface area contributed by atoms with Crippen LogP contribution >= 0.6 is 7.36 Å². The highest BCUT2D eigenvalue weighted by atomic mass is 32.4. The molecule has 0 fully saturated rings. The summed E-state index contributed by atoms with van der Waals surface area (Å²) in [4.78, 5) is 4.64. The van der Waals surface area contributed by atoms with Gasteiger partial charge in [-0.3, -0.25) is 0 Å². The molecule has 76 valence electrons. The minimum Gasteiger partial charge on any atom is -0.248 e. The standard InChI is InChI=1S/C13H8NPS/c16-15-13-7-3-6-12-10(13)8-9-4-1-2-5-11(9)14-12/h1-8H. The van der Waals surface area contributed by atoms with E-state index in [1.807, 2.05) is 30.3 Å². The van der Waals surface area contributed by atoms with Crippen molar-refractivity contribution in [2.45, 2.75) is 0 Å². The Morgan fingerprint density at radius 3 is 2.62 bits per heavy atom. The molecule has 0 atom stereocenters. The second kappa shape index (κ2) is 3.89. The number of nitrogens with zero attached hydrogens (tertiary/aromatic N) is 1. The lowest BCUT2D eigenvalue weighted by molar-refractivity contribution is 1.50. The molecule has 0 N–H and O–H groups in total. The van der Waals surface area contributed by atoms with Crippen molar-refractivity contribution < 1.29 is 0 Å². The van der Waals surface area contributed by atoms with Gasteiger partial charge in [0.05, 0.1) is 11.0 Å². The molecule has 0 unspecified atom stereocenters. The van der Waals surface area contributed by atoms with Gasteiger partial charge in [0.15, 0.2) is 0 Å². The van der Waals surface area contributed by atoms with E-state index in [0.29, 0.717) is 0 Å². The maximum atomic E-state index is 5.11. The van der Waals surface area contributed by atoms with E-state index in [2.05, 4.69) is 23.2 Å². The van der Waals surface area contributed by atoms with Gasteiger partial charge in [-0.05, 0) is 24.3 Å². The van der Waals surface area contributed by atoms with Crippen LogP contribution in [0.25, 0.3) is 21.8 Å². The van der Waals surface area contributed by atoms with Gasteiger partial charge >= 0.3 is 0 Å². The van der Waals surface area contributed by atoms with Gasteiger partial charge in [0.2, 0.25) is 0 Å². The largest absolute Gasteiger partial charge is 0.248 e. The molecule has 0 saturated heterocycles. The average Bonchev–Trinajstić information content (AvgIpc) is 2.35. The van der Waals surface area contributed by atoms with Crippen molar-refractivity contribution in [1.29, 1.82) is 0 Å². The first kappa shape index (κ1) is 9.83. The quantitative estimate of drug-likeness (QED) is 0.478. The lowest BCUT2D eigenvalue weighted by Gasteiger charge is -2.03. The van der Waals surface area contributed by atoms with Crippen molar-refractivity contribution in [3.8, 4) is 0 Å².